The zero-order valence-corrected chi connectivity index (χ0v) is 29.8. The maximum absolute atomic E-state index is 12.3. The number of rotatable bonds is 32. The van der Waals surface area contributed by atoms with E-state index in [1.165, 1.54) is 67.6 Å². The second kappa shape index (κ2) is 31.9. The number of allylic oxidation sites excluding steroid dienone is 2. The van der Waals surface area contributed by atoms with E-state index < -0.39 is 56.0 Å². The molecule has 0 aromatic carbocycles. The normalized spacial score (nSPS) is 11.3. The number of hydrogen-bond donors (Lipinski definition) is 4. The molecule has 0 aromatic heterocycles. The van der Waals surface area contributed by atoms with Gasteiger partial charge in [-0.2, -0.15) is 0 Å². The van der Waals surface area contributed by atoms with E-state index in [1.807, 2.05) is 0 Å². The quantitative estimate of drug-likeness (QED) is 0.0438. The second-order valence-corrected chi connectivity index (χ2v) is 11.4. The summed E-state index contributed by atoms with van der Waals surface area (Å²) in [5, 5.41) is 36.5. The third-order valence-electron chi connectivity index (χ3n) is 7.17. The van der Waals surface area contributed by atoms with Crippen molar-refractivity contribution in [1.29, 1.82) is 0 Å². The number of carboxylic acid groups (broad SMARTS) is 4. The number of nitrogens with zero attached hydrogens (tertiary/aromatic N) is 3. The zero-order chi connectivity index (χ0) is 33.7. The van der Waals surface area contributed by atoms with Crippen molar-refractivity contribution in [2.75, 3.05) is 65.5 Å². The van der Waals surface area contributed by atoms with E-state index in [0.717, 1.165) is 37.0 Å². The fourth-order valence-electron chi connectivity index (χ4n) is 4.79. The van der Waals surface area contributed by atoms with E-state index in [4.69, 9.17) is 14.9 Å². The first kappa shape index (κ1) is 46.4. The fourth-order valence-corrected chi connectivity index (χ4v) is 4.79. The summed E-state index contributed by atoms with van der Waals surface area (Å²) in [7, 11) is 0. The van der Waals surface area contributed by atoms with E-state index in [0.29, 0.717) is 0 Å². The van der Waals surface area contributed by atoms with Gasteiger partial charge in [0.15, 0.2) is 0 Å². The van der Waals surface area contributed by atoms with Gasteiger partial charge in [-0.1, -0.05) is 76.9 Å². The summed E-state index contributed by atoms with van der Waals surface area (Å²) in [6.07, 6.45) is 21.0. The average molecular weight is 801 g/mol. The molecule has 1 radical (unpaired) electrons. The number of esters is 1. The van der Waals surface area contributed by atoms with E-state index >= 15 is 0 Å². The van der Waals surface area contributed by atoms with Gasteiger partial charge in [0.1, 0.15) is 0 Å². The fraction of sp³-hybridized carbons (Fsp3) is 0.781. The summed E-state index contributed by atoms with van der Waals surface area (Å²) in [4.78, 5) is 61.0. The third-order valence-corrected chi connectivity index (χ3v) is 7.17. The number of carboxylic acids is 4. The standard InChI is InChI=1S/C32H57N3O10.Gd/c1-2-3-4-5-6-7-8-9-10-11-12-13-14-15-16-17-22-45-32(44)27-35(26-31(42)43)21-19-33(23-28(36)37)18-20-34(24-29(38)39)25-30(40)41;/h9-10H,2-8,11-27H2,1H3,(H,36,37)(H,38,39)(H,40,41)(H,42,43);/q;+3/b10-9-;. The Hall–Kier alpha value is -1.71. The van der Waals surface area contributed by atoms with Crippen LogP contribution in [-0.2, 0) is 28.7 Å². The van der Waals surface area contributed by atoms with Crippen LogP contribution in [0.5, 0.6) is 0 Å². The van der Waals surface area contributed by atoms with Crippen molar-refractivity contribution in [3.8, 4) is 0 Å². The minimum Gasteiger partial charge on any atom is -0.480 e. The molecule has 0 saturated carbocycles. The van der Waals surface area contributed by atoms with Gasteiger partial charge in [-0.15, -0.1) is 0 Å². The Kier molecular flexibility index (Phi) is 32.2. The molecule has 0 aromatic rings. The number of carbonyl (C=O) groups is 5. The van der Waals surface area contributed by atoms with Crippen LogP contribution in [0.1, 0.15) is 96.8 Å². The van der Waals surface area contributed by atoms with Gasteiger partial charge in [-0.3, -0.25) is 38.7 Å². The first-order valence-corrected chi connectivity index (χ1v) is 16.4. The van der Waals surface area contributed by atoms with Crippen LogP contribution in [0.25, 0.3) is 0 Å². The largest absolute Gasteiger partial charge is 3.00 e. The summed E-state index contributed by atoms with van der Waals surface area (Å²) in [6, 6.07) is 0. The van der Waals surface area contributed by atoms with Crippen molar-refractivity contribution in [3.63, 3.8) is 0 Å². The van der Waals surface area contributed by atoms with Gasteiger partial charge in [0.05, 0.1) is 39.3 Å². The van der Waals surface area contributed by atoms with Crippen LogP contribution < -0.4 is 0 Å². The van der Waals surface area contributed by atoms with Crippen LogP contribution in [0.2, 0.25) is 0 Å². The minimum absolute atomic E-state index is 0. The molecule has 0 bridgehead atoms. The molecular weight excluding hydrogens is 744 g/mol. The van der Waals surface area contributed by atoms with Crippen molar-refractivity contribution in [1.82, 2.24) is 14.7 Å². The van der Waals surface area contributed by atoms with Crippen LogP contribution in [0.4, 0.5) is 0 Å². The Morgan fingerprint density at radius 1 is 0.500 bits per heavy atom. The Morgan fingerprint density at radius 3 is 1.28 bits per heavy atom. The summed E-state index contributed by atoms with van der Waals surface area (Å²) in [5.74, 6) is -5.32. The molecule has 0 unspecified atom stereocenters. The SMILES string of the molecule is CCCCCCCC/C=C\CCCCCCCCOC(=O)CN(CCN(CCN(CC(=O)O)CC(=O)O)CC(=O)O)CC(=O)O.[Gd+3]. The molecule has 14 heteroatoms. The van der Waals surface area contributed by atoms with Gasteiger partial charge >= 0.3 is 69.8 Å². The smallest absolute Gasteiger partial charge is 0.480 e. The summed E-state index contributed by atoms with van der Waals surface area (Å²) < 4.78 is 5.29. The number of aliphatic carboxylic acids is 4. The van der Waals surface area contributed by atoms with Crippen LogP contribution in [-0.4, -0.2) is 130 Å². The molecule has 0 aliphatic rings. The predicted molar refractivity (Wildman–Crippen MR) is 170 cm³/mol. The molecule has 0 aliphatic carbocycles. The molecule has 0 atom stereocenters. The van der Waals surface area contributed by atoms with Crippen LogP contribution in [0, 0.1) is 39.9 Å². The van der Waals surface area contributed by atoms with Gasteiger partial charge < -0.3 is 25.2 Å². The van der Waals surface area contributed by atoms with Gasteiger partial charge in [0.2, 0.25) is 0 Å². The number of ether oxygens (including phenoxy) is 1. The van der Waals surface area contributed by atoms with Gasteiger partial charge in [-0.05, 0) is 32.1 Å². The van der Waals surface area contributed by atoms with Gasteiger partial charge in [0.25, 0.3) is 0 Å². The molecule has 0 spiro atoms. The number of unbranched alkanes of at least 4 members (excludes halogenated alkanes) is 12. The summed E-state index contributed by atoms with van der Waals surface area (Å²) >= 11 is 0. The summed E-state index contributed by atoms with van der Waals surface area (Å²) in [5.41, 5.74) is 0. The number of carbonyl (C=O) groups excluding carboxylic acids is 1. The van der Waals surface area contributed by atoms with Gasteiger partial charge in [0, 0.05) is 26.2 Å². The van der Waals surface area contributed by atoms with Crippen molar-refractivity contribution in [3.05, 3.63) is 12.2 Å². The monoisotopic (exact) mass is 801 g/mol. The molecule has 0 aliphatic heterocycles. The van der Waals surface area contributed by atoms with Crippen molar-refractivity contribution in [2.45, 2.75) is 96.8 Å². The maximum Gasteiger partial charge on any atom is 3.00 e. The Labute approximate surface area is 306 Å². The van der Waals surface area contributed by atoms with E-state index in [-0.39, 0.29) is 79.3 Å². The molecule has 0 saturated heterocycles. The maximum atomic E-state index is 12.3. The van der Waals surface area contributed by atoms with Gasteiger partial charge in [-0.25, -0.2) is 0 Å². The number of hydrogen-bond acceptors (Lipinski definition) is 9. The minimum atomic E-state index is -1.22. The average Bonchev–Trinajstić information content (AvgIpc) is 2.94. The van der Waals surface area contributed by atoms with Crippen molar-refractivity contribution in [2.24, 2.45) is 0 Å². The second-order valence-electron chi connectivity index (χ2n) is 11.4. The van der Waals surface area contributed by atoms with Crippen LogP contribution >= 0.6 is 0 Å². The summed E-state index contributed by atoms with van der Waals surface area (Å²) in [6.45, 7) is 0.399. The molecule has 0 amide bonds. The molecule has 0 rings (SSSR count). The molecule has 265 valence electrons. The topological polar surface area (TPSA) is 185 Å². The third kappa shape index (κ3) is 32.2. The van der Waals surface area contributed by atoms with E-state index in [2.05, 4.69) is 19.1 Å². The predicted octanol–water partition coefficient (Wildman–Crippen LogP) is 3.81. The Morgan fingerprint density at radius 2 is 0.848 bits per heavy atom. The Bertz CT molecular complexity index is 859. The van der Waals surface area contributed by atoms with Crippen molar-refractivity contribution < 1.29 is 89.1 Å². The molecule has 0 fully saturated rings. The first-order valence-electron chi connectivity index (χ1n) is 16.4. The van der Waals surface area contributed by atoms with E-state index in [9.17, 15) is 34.2 Å². The molecule has 4 N–H and O–H groups in total. The molecular formula is C32H57GdN3O10+3. The molecule has 46 heavy (non-hydrogen) atoms. The van der Waals surface area contributed by atoms with Crippen LogP contribution in [0.15, 0.2) is 12.2 Å². The zero-order valence-electron chi connectivity index (χ0n) is 27.6. The van der Waals surface area contributed by atoms with Crippen molar-refractivity contribution >= 4 is 29.8 Å². The first-order chi connectivity index (χ1) is 21.5. The Balaban J connectivity index is 0. The molecule has 0 heterocycles. The van der Waals surface area contributed by atoms with E-state index in [1.54, 1.807) is 0 Å². The van der Waals surface area contributed by atoms with Crippen LogP contribution in [0.3, 0.4) is 0 Å². The molecule has 13 nitrogen and oxygen atoms in total.